The van der Waals surface area contributed by atoms with Crippen LogP contribution in [0.3, 0.4) is 0 Å². The second kappa shape index (κ2) is 6.33. The molecule has 1 aromatic carbocycles. The predicted molar refractivity (Wildman–Crippen MR) is 75.5 cm³/mol. The van der Waals surface area contributed by atoms with Gasteiger partial charge in [-0.3, -0.25) is 4.79 Å². The number of rotatable bonds is 6. The van der Waals surface area contributed by atoms with Gasteiger partial charge in [0.2, 0.25) is 0 Å². The van der Waals surface area contributed by atoms with E-state index in [4.69, 9.17) is 31.9 Å². The molecule has 20 heavy (non-hydrogen) atoms. The molecule has 5 nitrogen and oxygen atoms in total. The smallest absolute Gasteiger partial charge is 0.305 e. The van der Waals surface area contributed by atoms with E-state index in [0.29, 0.717) is 22.1 Å². The Kier molecular flexibility index (Phi) is 4.73. The van der Waals surface area contributed by atoms with Crippen LogP contribution in [0, 0.1) is 0 Å². The van der Waals surface area contributed by atoms with Crippen molar-refractivity contribution in [1.82, 2.24) is 0 Å². The molecule has 1 atom stereocenters. The SMILES string of the molecule is COc1cc(Cl)c(C(N)CC(=O)O)cc1OC1CCC1. The number of benzene rings is 1. The van der Waals surface area contributed by atoms with Crippen molar-refractivity contribution in [2.24, 2.45) is 5.73 Å². The zero-order valence-corrected chi connectivity index (χ0v) is 12.0. The van der Waals surface area contributed by atoms with Gasteiger partial charge in [0.25, 0.3) is 0 Å². The highest BCUT2D eigenvalue weighted by Crippen LogP contribution is 2.38. The van der Waals surface area contributed by atoms with Gasteiger partial charge in [0.05, 0.1) is 19.6 Å². The number of carboxylic acids is 1. The zero-order valence-electron chi connectivity index (χ0n) is 11.3. The maximum atomic E-state index is 10.8. The van der Waals surface area contributed by atoms with Gasteiger partial charge in [0.1, 0.15) is 0 Å². The Labute approximate surface area is 122 Å². The first kappa shape index (κ1) is 14.9. The molecule has 0 saturated heterocycles. The lowest BCUT2D eigenvalue weighted by Gasteiger charge is -2.28. The average molecular weight is 300 g/mol. The molecule has 0 aliphatic heterocycles. The molecule has 0 amide bonds. The van der Waals surface area contributed by atoms with Crippen molar-refractivity contribution >= 4 is 17.6 Å². The second-order valence-electron chi connectivity index (χ2n) is 4.90. The molecular formula is C14H18ClNO4. The largest absolute Gasteiger partial charge is 0.493 e. The van der Waals surface area contributed by atoms with Crippen molar-refractivity contribution in [2.75, 3.05) is 7.11 Å². The summed E-state index contributed by atoms with van der Waals surface area (Å²) in [6, 6.07) is 2.63. The number of halogens is 1. The molecular weight excluding hydrogens is 282 g/mol. The van der Waals surface area contributed by atoms with E-state index in [1.165, 1.54) is 7.11 Å². The van der Waals surface area contributed by atoms with Crippen LogP contribution in [0.15, 0.2) is 12.1 Å². The van der Waals surface area contributed by atoms with Gasteiger partial charge >= 0.3 is 5.97 Å². The minimum atomic E-state index is -0.967. The fourth-order valence-corrected chi connectivity index (χ4v) is 2.35. The maximum Gasteiger partial charge on any atom is 0.305 e. The molecule has 1 aromatic rings. The Morgan fingerprint density at radius 2 is 2.20 bits per heavy atom. The maximum absolute atomic E-state index is 10.8. The molecule has 0 aromatic heterocycles. The van der Waals surface area contributed by atoms with E-state index >= 15 is 0 Å². The molecule has 1 fully saturated rings. The van der Waals surface area contributed by atoms with Crippen molar-refractivity contribution in [3.8, 4) is 11.5 Å². The van der Waals surface area contributed by atoms with Gasteiger partial charge in [-0.1, -0.05) is 11.6 Å². The molecule has 0 heterocycles. The van der Waals surface area contributed by atoms with Gasteiger partial charge < -0.3 is 20.3 Å². The van der Waals surface area contributed by atoms with E-state index in [1.807, 2.05) is 0 Å². The Balaban J connectivity index is 2.26. The number of aliphatic carboxylic acids is 1. The topological polar surface area (TPSA) is 81.8 Å². The van der Waals surface area contributed by atoms with Crippen molar-refractivity contribution in [2.45, 2.75) is 37.8 Å². The lowest BCUT2D eigenvalue weighted by molar-refractivity contribution is -0.137. The van der Waals surface area contributed by atoms with Crippen LogP contribution in [-0.2, 0) is 4.79 Å². The fraction of sp³-hybridized carbons (Fsp3) is 0.500. The molecule has 2 rings (SSSR count). The van der Waals surface area contributed by atoms with Crippen molar-refractivity contribution in [3.05, 3.63) is 22.7 Å². The van der Waals surface area contributed by atoms with E-state index in [1.54, 1.807) is 12.1 Å². The summed E-state index contributed by atoms with van der Waals surface area (Å²) >= 11 is 6.13. The Bertz CT molecular complexity index is 502. The number of carboxylic acid groups (broad SMARTS) is 1. The van der Waals surface area contributed by atoms with Gasteiger partial charge in [0.15, 0.2) is 11.5 Å². The predicted octanol–water partition coefficient (Wildman–Crippen LogP) is 2.75. The molecule has 0 bridgehead atoms. The van der Waals surface area contributed by atoms with Crippen molar-refractivity contribution < 1.29 is 19.4 Å². The van der Waals surface area contributed by atoms with Gasteiger partial charge in [-0.15, -0.1) is 0 Å². The monoisotopic (exact) mass is 299 g/mol. The summed E-state index contributed by atoms with van der Waals surface area (Å²) in [5.41, 5.74) is 6.43. The number of ether oxygens (including phenoxy) is 2. The Morgan fingerprint density at radius 3 is 2.70 bits per heavy atom. The summed E-state index contributed by atoms with van der Waals surface area (Å²) < 4.78 is 11.1. The third-order valence-corrected chi connectivity index (χ3v) is 3.75. The summed E-state index contributed by atoms with van der Waals surface area (Å²) in [4.78, 5) is 10.8. The van der Waals surface area contributed by atoms with Crippen LogP contribution < -0.4 is 15.2 Å². The quantitative estimate of drug-likeness (QED) is 0.844. The minimum absolute atomic E-state index is 0.186. The summed E-state index contributed by atoms with van der Waals surface area (Å²) in [5, 5.41) is 9.21. The standard InChI is InChI=1S/C14H18ClNO4/c1-19-12-6-10(15)9(11(16)7-14(17)18)5-13(12)20-8-3-2-4-8/h5-6,8,11H,2-4,7,16H2,1H3,(H,17,18). The fourth-order valence-electron chi connectivity index (χ4n) is 2.05. The van der Waals surface area contributed by atoms with Gasteiger partial charge in [-0.2, -0.15) is 0 Å². The summed E-state index contributed by atoms with van der Waals surface area (Å²) in [6.07, 6.45) is 3.19. The Hall–Kier alpha value is -1.46. The van der Waals surface area contributed by atoms with Gasteiger partial charge in [0, 0.05) is 17.1 Å². The molecule has 1 aliphatic carbocycles. The van der Waals surface area contributed by atoms with E-state index in [0.717, 1.165) is 19.3 Å². The first-order valence-electron chi connectivity index (χ1n) is 6.52. The average Bonchev–Trinajstić information content (AvgIpc) is 2.33. The van der Waals surface area contributed by atoms with Crippen LogP contribution in [0.4, 0.5) is 0 Å². The molecule has 110 valence electrons. The number of carbonyl (C=O) groups is 1. The Morgan fingerprint density at radius 1 is 1.50 bits per heavy atom. The van der Waals surface area contributed by atoms with E-state index in [-0.39, 0.29) is 12.5 Å². The minimum Gasteiger partial charge on any atom is -0.493 e. The molecule has 3 N–H and O–H groups in total. The highest BCUT2D eigenvalue weighted by Gasteiger charge is 2.23. The summed E-state index contributed by atoms with van der Waals surface area (Å²) in [7, 11) is 1.54. The third-order valence-electron chi connectivity index (χ3n) is 3.42. The molecule has 1 aliphatic rings. The highest BCUT2D eigenvalue weighted by molar-refractivity contribution is 6.31. The van der Waals surface area contributed by atoms with E-state index in [9.17, 15) is 4.79 Å². The molecule has 1 unspecified atom stereocenters. The zero-order chi connectivity index (χ0) is 14.7. The van der Waals surface area contributed by atoms with Gasteiger partial charge in [-0.05, 0) is 30.9 Å². The summed E-state index contributed by atoms with van der Waals surface area (Å²) in [6.45, 7) is 0. The lowest BCUT2D eigenvalue weighted by atomic mass is 9.96. The van der Waals surface area contributed by atoms with Crippen molar-refractivity contribution in [1.29, 1.82) is 0 Å². The lowest BCUT2D eigenvalue weighted by Crippen LogP contribution is -2.25. The van der Waals surface area contributed by atoms with Gasteiger partial charge in [-0.25, -0.2) is 0 Å². The number of hydrogen-bond acceptors (Lipinski definition) is 4. The van der Waals surface area contributed by atoms with Crippen LogP contribution in [-0.4, -0.2) is 24.3 Å². The summed E-state index contributed by atoms with van der Waals surface area (Å²) in [5.74, 6) is 0.136. The van der Waals surface area contributed by atoms with Crippen molar-refractivity contribution in [3.63, 3.8) is 0 Å². The van der Waals surface area contributed by atoms with Crippen LogP contribution in [0.2, 0.25) is 5.02 Å². The van der Waals surface area contributed by atoms with E-state index < -0.39 is 12.0 Å². The first-order valence-corrected chi connectivity index (χ1v) is 6.90. The second-order valence-corrected chi connectivity index (χ2v) is 5.31. The third kappa shape index (κ3) is 3.35. The van der Waals surface area contributed by atoms with Crippen LogP contribution in [0.5, 0.6) is 11.5 Å². The highest BCUT2D eigenvalue weighted by atomic mass is 35.5. The van der Waals surface area contributed by atoms with E-state index in [2.05, 4.69) is 0 Å². The number of nitrogens with two attached hydrogens (primary N) is 1. The number of hydrogen-bond donors (Lipinski definition) is 2. The molecule has 1 saturated carbocycles. The number of methoxy groups -OCH3 is 1. The van der Waals surface area contributed by atoms with Crippen LogP contribution in [0.1, 0.15) is 37.3 Å². The normalized spacial score (nSPS) is 16.4. The molecule has 6 heteroatoms. The van der Waals surface area contributed by atoms with Crippen LogP contribution in [0.25, 0.3) is 0 Å². The molecule has 0 radical (unpaired) electrons. The first-order chi connectivity index (χ1) is 9.51. The molecule has 0 spiro atoms. The van der Waals surface area contributed by atoms with Crippen LogP contribution >= 0.6 is 11.6 Å².